The fourth-order valence-electron chi connectivity index (χ4n) is 2.27. The smallest absolute Gasteiger partial charge is 0.327 e. The number of alkyl halides is 3. The van der Waals surface area contributed by atoms with E-state index in [-0.39, 0.29) is 17.4 Å². The molecule has 0 bridgehead atoms. The summed E-state index contributed by atoms with van der Waals surface area (Å²) in [5, 5.41) is 0. The van der Waals surface area contributed by atoms with Crippen molar-refractivity contribution in [1.82, 2.24) is 0 Å². The van der Waals surface area contributed by atoms with E-state index in [0.29, 0.717) is 11.6 Å². The van der Waals surface area contributed by atoms with Gasteiger partial charge in [-0.15, -0.1) is 0 Å². The molecule has 1 aromatic rings. The van der Waals surface area contributed by atoms with Crippen LogP contribution in [0.2, 0.25) is 0 Å². The number of rotatable bonds is 1. The zero-order valence-corrected chi connectivity index (χ0v) is 9.48. The molecule has 0 aromatic heterocycles. The Morgan fingerprint density at radius 3 is 2.12 bits per heavy atom. The van der Waals surface area contributed by atoms with Gasteiger partial charge in [0.1, 0.15) is 5.82 Å². The minimum absolute atomic E-state index is 0.209. The van der Waals surface area contributed by atoms with Crippen LogP contribution in [0.1, 0.15) is 30.9 Å². The number of nitrogens with two attached hydrogens (primary N) is 1. The van der Waals surface area contributed by atoms with Crippen molar-refractivity contribution in [2.24, 2.45) is 11.1 Å². The lowest BCUT2D eigenvalue weighted by molar-refractivity contribution is -0.137. The van der Waals surface area contributed by atoms with Gasteiger partial charge in [-0.2, -0.15) is 13.2 Å². The van der Waals surface area contributed by atoms with Gasteiger partial charge in [-0.1, -0.05) is 13.8 Å². The molecule has 1 aliphatic carbocycles. The molecule has 0 aliphatic heterocycles. The van der Waals surface area contributed by atoms with Gasteiger partial charge < -0.3 is 5.73 Å². The van der Waals surface area contributed by atoms with Gasteiger partial charge in [-0.25, -0.2) is 4.39 Å². The summed E-state index contributed by atoms with van der Waals surface area (Å²) in [4.78, 5) is 0. The lowest BCUT2D eigenvalue weighted by atomic mass is 10.0. The zero-order valence-electron chi connectivity index (χ0n) is 9.48. The van der Waals surface area contributed by atoms with Gasteiger partial charge in [-0.05, 0) is 29.2 Å². The Balaban J connectivity index is 2.41. The van der Waals surface area contributed by atoms with E-state index in [4.69, 9.17) is 5.73 Å². The molecule has 0 heterocycles. The summed E-state index contributed by atoms with van der Waals surface area (Å²) >= 11 is 0. The first kappa shape index (κ1) is 12.4. The van der Waals surface area contributed by atoms with Gasteiger partial charge in [0.25, 0.3) is 0 Å². The third-order valence-electron chi connectivity index (χ3n) is 3.52. The van der Waals surface area contributed by atoms with Crippen LogP contribution in [0.4, 0.5) is 17.6 Å². The lowest BCUT2D eigenvalue weighted by Crippen LogP contribution is -2.08. The molecular formula is C12H13F4N. The summed E-state index contributed by atoms with van der Waals surface area (Å²) in [6.45, 7) is 3.72. The van der Waals surface area contributed by atoms with Crippen LogP contribution >= 0.6 is 0 Å². The summed E-state index contributed by atoms with van der Waals surface area (Å²) in [7, 11) is 0. The molecule has 0 spiro atoms. The summed E-state index contributed by atoms with van der Waals surface area (Å²) in [5.41, 5.74) is 4.89. The van der Waals surface area contributed by atoms with Gasteiger partial charge in [0.2, 0.25) is 0 Å². The Kier molecular flexibility index (Phi) is 2.51. The molecule has 0 unspecified atom stereocenters. The fraction of sp³-hybridized carbons (Fsp3) is 0.500. The van der Waals surface area contributed by atoms with Crippen molar-refractivity contribution in [3.05, 3.63) is 35.1 Å². The van der Waals surface area contributed by atoms with E-state index in [1.54, 1.807) is 0 Å². The fourth-order valence-corrected chi connectivity index (χ4v) is 2.27. The molecule has 1 aromatic carbocycles. The van der Waals surface area contributed by atoms with Gasteiger partial charge in [-0.3, -0.25) is 0 Å². The van der Waals surface area contributed by atoms with Crippen molar-refractivity contribution in [1.29, 1.82) is 0 Å². The second-order valence-corrected chi connectivity index (χ2v) is 5.10. The number of hydrogen-bond donors (Lipinski definition) is 1. The predicted octanol–water partition coefficient (Wildman–Crippen LogP) is 3.30. The van der Waals surface area contributed by atoms with E-state index in [1.165, 1.54) is 0 Å². The van der Waals surface area contributed by atoms with Crippen molar-refractivity contribution >= 4 is 0 Å². The van der Waals surface area contributed by atoms with Crippen molar-refractivity contribution in [2.45, 2.75) is 32.0 Å². The van der Waals surface area contributed by atoms with E-state index in [2.05, 4.69) is 0 Å². The zero-order chi connectivity index (χ0) is 13.0. The van der Waals surface area contributed by atoms with Crippen molar-refractivity contribution in [3.8, 4) is 0 Å². The molecular weight excluding hydrogens is 234 g/mol. The molecule has 1 saturated carbocycles. The molecule has 0 radical (unpaired) electrons. The quantitative estimate of drug-likeness (QED) is 0.757. The Labute approximate surface area is 96.6 Å². The summed E-state index contributed by atoms with van der Waals surface area (Å²) in [6.07, 6.45) is -4.53. The highest BCUT2D eigenvalue weighted by atomic mass is 19.4. The van der Waals surface area contributed by atoms with Gasteiger partial charge >= 0.3 is 6.18 Å². The van der Waals surface area contributed by atoms with Crippen LogP contribution in [0.3, 0.4) is 0 Å². The van der Waals surface area contributed by atoms with E-state index < -0.39 is 17.6 Å². The third kappa shape index (κ3) is 2.04. The summed E-state index contributed by atoms with van der Waals surface area (Å²) < 4.78 is 50.8. The van der Waals surface area contributed by atoms with Crippen LogP contribution in [-0.4, -0.2) is 6.04 Å². The van der Waals surface area contributed by atoms with Crippen LogP contribution in [0.25, 0.3) is 0 Å². The van der Waals surface area contributed by atoms with Crippen molar-refractivity contribution in [3.63, 3.8) is 0 Å². The maximum atomic E-state index is 13.2. The topological polar surface area (TPSA) is 26.0 Å². The minimum atomic E-state index is -4.53. The Bertz CT molecular complexity index is 450. The maximum Gasteiger partial charge on any atom is 0.416 e. The van der Waals surface area contributed by atoms with Gasteiger partial charge in [0.05, 0.1) is 5.56 Å². The van der Waals surface area contributed by atoms with E-state index >= 15 is 0 Å². The van der Waals surface area contributed by atoms with Gasteiger partial charge in [0, 0.05) is 12.0 Å². The molecule has 0 saturated heterocycles. The number of benzene rings is 1. The van der Waals surface area contributed by atoms with E-state index in [9.17, 15) is 17.6 Å². The van der Waals surface area contributed by atoms with Crippen LogP contribution < -0.4 is 5.73 Å². The molecule has 2 atom stereocenters. The van der Waals surface area contributed by atoms with Crippen LogP contribution in [0, 0.1) is 11.2 Å². The molecule has 17 heavy (non-hydrogen) atoms. The number of hydrogen-bond acceptors (Lipinski definition) is 1. The maximum absolute atomic E-state index is 13.2. The average Bonchev–Trinajstić information content (AvgIpc) is 2.63. The molecule has 2 N–H and O–H groups in total. The first-order valence-corrected chi connectivity index (χ1v) is 5.27. The second kappa shape index (κ2) is 3.45. The first-order chi connectivity index (χ1) is 7.64. The molecule has 1 nitrogen and oxygen atoms in total. The van der Waals surface area contributed by atoms with Crippen molar-refractivity contribution < 1.29 is 17.6 Å². The Hall–Kier alpha value is -1.10. The monoisotopic (exact) mass is 247 g/mol. The van der Waals surface area contributed by atoms with Gasteiger partial charge in [0.15, 0.2) is 0 Å². The van der Waals surface area contributed by atoms with Crippen LogP contribution in [0.15, 0.2) is 18.2 Å². The van der Waals surface area contributed by atoms with Crippen LogP contribution in [0.5, 0.6) is 0 Å². The molecule has 5 heteroatoms. The summed E-state index contributed by atoms with van der Waals surface area (Å²) in [6, 6.07) is 2.41. The number of halogens is 4. The lowest BCUT2D eigenvalue weighted by Gasteiger charge is -2.10. The highest BCUT2D eigenvalue weighted by molar-refractivity contribution is 5.37. The third-order valence-corrected chi connectivity index (χ3v) is 3.52. The van der Waals surface area contributed by atoms with Crippen LogP contribution in [-0.2, 0) is 6.18 Å². The molecule has 2 rings (SSSR count). The Morgan fingerprint density at radius 1 is 1.18 bits per heavy atom. The minimum Gasteiger partial charge on any atom is -0.327 e. The molecule has 0 amide bonds. The van der Waals surface area contributed by atoms with E-state index in [0.717, 1.165) is 12.1 Å². The normalized spacial score (nSPS) is 27.0. The predicted molar refractivity (Wildman–Crippen MR) is 55.9 cm³/mol. The second-order valence-electron chi connectivity index (χ2n) is 5.10. The standard InChI is InChI=1S/C12H13F4N/c1-11(2)9(10(11)17)6-3-7(12(14,15)16)5-8(13)4-6/h3-5,9-10H,17H2,1-2H3/t9-,10-/m1/s1. The largest absolute Gasteiger partial charge is 0.416 e. The highest BCUT2D eigenvalue weighted by Crippen LogP contribution is 2.57. The average molecular weight is 247 g/mol. The van der Waals surface area contributed by atoms with E-state index in [1.807, 2.05) is 13.8 Å². The molecule has 1 fully saturated rings. The van der Waals surface area contributed by atoms with Crippen molar-refractivity contribution in [2.75, 3.05) is 0 Å². The molecule has 94 valence electrons. The highest BCUT2D eigenvalue weighted by Gasteiger charge is 2.56. The Morgan fingerprint density at radius 2 is 1.71 bits per heavy atom. The summed E-state index contributed by atoms with van der Waals surface area (Å²) in [5.74, 6) is -1.08. The first-order valence-electron chi connectivity index (χ1n) is 5.27. The SMILES string of the molecule is CC1(C)[C@H](N)[C@H]1c1cc(F)cc(C(F)(F)F)c1. The molecule has 1 aliphatic rings.